The number of ether oxygens (including phenoxy) is 1. The molecule has 0 fully saturated rings. The van der Waals surface area contributed by atoms with E-state index in [9.17, 15) is 8.78 Å². The van der Waals surface area contributed by atoms with E-state index >= 15 is 0 Å². The minimum absolute atomic E-state index is 0.169. The predicted molar refractivity (Wildman–Crippen MR) is 68.3 cm³/mol. The average molecular weight is 264 g/mol. The molecule has 0 aromatic heterocycles. The Morgan fingerprint density at radius 3 is 2.21 bits per heavy atom. The van der Waals surface area contributed by atoms with E-state index in [-0.39, 0.29) is 5.56 Å². The first kappa shape index (κ1) is 13.5. The summed E-state index contributed by atoms with van der Waals surface area (Å²) in [6, 6.07) is 7.46. The molecule has 0 unspecified atom stereocenters. The van der Waals surface area contributed by atoms with Gasteiger partial charge in [-0.2, -0.15) is 0 Å². The van der Waals surface area contributed by atoms with Gasteiger partial charge in [0.2, 0.25) is 0 Å². The van der Waals surface area contributed by atoms with Gasteiger partial charge in [-0.15, -0.1) is 0 Å². The van der Waals surface area contributed by atoms with Gasteiger partial charge in [-0.1, -0.05) is 17.7 Å². The molecule has 1 N–H and O–H groups in total. The SMILES string of the molecule is Cc1ccc(Oc2c(F)cc(CO)cc2F)c(C)c1. The lowest BCUT2D eigenvalue weighted by Gasteiger charge is -2.11. The first-order valence-corrected chi connectivity index (χ1v) is 5.85. The van der Waals surface area contributed by atoms with Crippen LogP contribution in [0.25, 0.3) is 0 Å². The minimum Gasteiger partial charge on any atom is -0.451 e. The molecular formula is C15H14F2O2. The van der Waals surface area contributed by atoms with Gasteiger partial charge in [0.1, 0.15) is 5.75 Å². The molecule has 0 aliphatic rings. The van der Waals surface area contributed by atoms with E-state index < -0.39 is 24.0 Å². The van der Waals surface area contributed by atoms with Crippen molar-refractivity contribution in [2.75, 3.05) is 0 Å². The molecule has 2 aromatic rings. The van der Waals surface area contributed by atoms with E-state index in [1.807, 2.05) is 13.0 Å². The van der Waals surface area contributed by atoms with Crippen molar-refractivity contribution in [1.82, 2.24) is 0 Å². The highest BCUT2D eigenvalue weighted by Crippen LogP contribution is 2.30. The molecule has 2 aromatic carbocycles. The van der Waals surface area contributed by atoms with Crippen molar-refractivity contribution in [2.45, 2.75) is 20.5 Å². The highest BCUT2D eigenvalue weighted by Gasteiger charge is 2.14. The maximum absolute atomic E-state index is 13.7. The van der Waals surface area contributed by atoms with Crippen molar-refractivity contribution in [3.05, 3.63) is 58.7 Å². The standard InChI is InChI=1S/C15H14F2O2/c1-9-3-4-14(10(2)5-9)19-15-12(16)6-11(8-18)7-13(15)17/h3-7,18H,8H2,1-2H3. The van der Waals surface area contributed by atoms with E-state index in [2.05, 4.69) is 0 Å². The van der Waals surface area contributed by atoms with Gasteiger partial charge in [-0.05, 0) is 43.2 Å². The first-order valence-electron chi connectivity index (χ1n) is 5.85. The fraction of sp³-hybridized carbons (Fsp3) is 0.200. The van der Waals surface area contributed by atoms with E-state index in [1.165, 1.54) is 0 Å². The average Bonchev–Trinajstić information content (AvgIpc) is 2.35. The second kappa shape index (κ2) is 5.36. The van der Waals surface area contributed by atoms with Gasteiger partial charge in [0.25, 0.3) is 0 Å². The fourth-order valence-electron chi connectivity index (χ4n) is 1.82. The van der Waals surface area contributed by atoms with Crippen molar-refractivity contribution in [2.24, 2.45) is 0 Å². The summed E-state index contributed by atoms with van der Waals surface area (Å²) in [7, 11) is 0. The monoisotopic (exact) mass is 264 g/mol. The van der Waals surface area contributed by atoms with Crippen molar-refractivity contribution in [3.63, 3.8) is 0 Å². The number of aliphatic hydroxyl groups is 1. The van der Waals surface area contributed by atoms with Gasteiger partial charge in [0, 0.05) is 0 Å². The van der Waals surface area contributed by atoms with Crippen LogP contribution in [0.3, 0.4) is 0 Å². The maximum Gasteiger partial charge on any atom is 0.198 e. The molecule has 0 saturated heterocycles. The molecule has 0 heterocycles. The predicted octanol–water partition coefficient (Wildman–Crippen LogP) is 3.87. The Labute approximate surface area is 110 Å². The molecular weight excluding hydrogens is 250 g/mol. The number of halogens is 2. The van der Waals surface area contributed by atoms with Crippen LogP contribution in [0.5, 0.6) is 11.5 Å². The summed E-state index contributed by atoms with van der Waals surface area (Å²) in [6.45, 7) is 3.31. The number of aliphatic hydroxyl groups excluding tert-OH is 1. The van der Waals surface area contributed by atoms with Crippen molar-refractivity contribution >= 4 is 0 Å². The van der Waals surface area contributed by atoms with Crippen LogP contribution >= 0.6 is 0 Å². The molecule has 0 spiro atoms. The molecule has 19 heavy (non-hydrogen) atoms. The molecule has 4 heteroatoms. The summed E-state index contributed by atoms with van der Waals surface area (Å²) in [6.07, 6.45) is 0. The minimum atomic E-state index is -0.830. The molecule has 0 bridgehead atoms. The molecule has 2 nitrogen and oxygen atoms in total. The van der Waals surface area contributed by atoms with Crippen LogP contribution < -0.4 is 4.74 Å². The van der Waals surface area contributed by atoms with E-state index in [0.29, 0.717) is 5.75 Å². The van der Waals surface area contributed by atoms with Crippen molar-refractivity contribution in [1.29, 1.82) is 0 Å². The Balaban J connectivity index is 2.38. The van der Waals surface area contributed by atoms with Gasteiger partial charge in [0.15, 0.2) is 17.4 Å². The highest BCUT2D eigenvalue weighted by molar-refractivity contribution is 5.41. The Hall–Kier alpha value is -1.94. The Morgan fingerprint density at radius 2 is 1.68 bits per heavy atom. The number of aryl methyl sites for hydroxylation is 2. The molecule has 0 aliphatic carbocycles. The topological polar surface area (TPSA) is 29.5 Å². The summed E-state index contributed by atoms with van der Waals surface area (Å²) < 4.78 is 32.7. The number of hydrogen-bond donors (Lipinski definition) is 1. The lowest BCUT2D eigenvalue weighted by Crippen LogP contribution is -1.97. The first-order chi connectivity index (χ1) is 9.01. The van der Waals surface area contributed by atoms with Crippen molar-refractivity contribution in [3.8, 4) is 11.5 Å². The number of benzene rings is 2. The summed E-state index contributed by atoms with van der Waals surface area (Å²) in [5.74, 6) is -1.71. The molecule has 0 radical (unpaired) electrons. The fourth-order valence-corrected chi connectivity index (χ4v) is 1.82. The van der Waals surface area contributed by atoms with Crippen LogP contribution in [0.1, 0.15) is 16.7 Å². The third-order valence-corrected chi connectivity index (χ3v) is 2.78. The Kier molecular flexibility index (Phi) is 3.81. The molecule has 0 amide bonds. The van der Waals surface area contributed by atoms with E-state index in [1.54, 1.807) is 19.1 Å². The van der Waals surface area contributed by atoms with Crippen LogP contribution in [-0.4, -0.2) is 5.11 Å². The molecule has 100 valence electrons. The van der Waals surface area contributed by atoms with Crippen LogP contribution in [0.2, 0.25) is 0 Å². The van der Waals surface area contributed by atoms with Gasteiger partial charge in [-0.3, -0.25) is 0 Å². The lowest BCUT2D eigenvalue weighted by atomic mass is 10.1. The lowest BCUT2D eigenvalue weighted by molar-refractivity contribution is 0.279. The maximum atomic E-state index is 13.7. The van der Waals surface area contributed by atoms with Crippen molar-refractivity contribution < 1.29 is 18.6 Å². The Morgan fingerprint density at radius 1 is 1.05 bits per heavy atom. The molecule has 2 rings (SSSR count). The zero-order valence-corrected chi connectivity index (χ0v) is 10.7. The number of rotatable bonds is 3. The van der Waals surface area contributed by atoms with E-state index in [4.69, 9.17) is 9.84 Å². The van der Waals surface area contributed by atoms with Gasteiger partial charge in [-0.25, -0.2) is 8.78 Å². The molecule has 0 atom stereocenters. The van der Waals surface area contributed by atoms with Crippen LogP contribution in [-0.2, 0) is 6.61 Å². The molecule has 0 aliphatic heterocycles. The summed E-state index contributed by atoms with van der Waals surface area (Å²) >= 11 is 0. The smallest absolute Gasteiger partial charge is 0.198 e. The van der Waals surface area contributed by atoms with Gasteiger partial charge >= 0.3 is 0 Å². The Bertz CT molecular complexity index is 586. The largest absolute Gasteiger partial charge is 0.451 e. The molecule has 0 saturated carbocycles. The van der Waals surface area contributed by atoms with Gasteiger partial charge in [0.05, 0.1) is 6.61 Å². The van der Waals surface area contributed by atoms with Crippen LogP contribution in [0.15, 0.2) is 30.3 Å². The second-order valence-corrected chi connectivity index (χ2v) is 4.42. The summed E-state index contributed by atoms with van der Waals surface area (Å²) in [4.78, 5) is 0. The van der Waals surface area contributed by atoms with Crippen LogP contribution in [0, 0.1) is 25.5 Å². The third kappa shape index (κ3) is 2.90. The summed E-state index contributed by atoms with van der Waals surface area (Å²) in [5.41, 5.74) is 2.01. The van der Waals surface area contributed by atoms with Gasteiger partial charge < -0.3 is 9.84 Å². The zero-order valence-electron chi connectivity index (χ0n) is 10.7. The summed E-state index contributed by atoms with van der Waals surface area (Å²) in [5, 5.41) is 8.87. The zero-order chi connectivity index (χ0) is 14.0. The second-order valence-electron chi connectivity index (χ2n) is 4.42. The quantitative estimate of drug-likeness (QED) is 0.912. The van der Waals surface area contributed by atoms with E-state index in [0.717, 1.165) is 23.3 Å². The van der Waals surface area contributed by atoms with Crippen LogP contribution in [0.4, 0.5) is 8.78 Å². The highest BCUT2D eigenvalue weighted by atomic mass is 19.1. The number of hydrogen-bond acceptors (Lipinski definition) is 2. The third-order valence-electron chi connectivity index (χ3n) is 2.78. The normalized spacial score (nSPS) is 10.6.